The highest BCUT2D eigenvalue weighted by Crippen LogP contribution is 2.15. The minimum absolute atomic E-state index is 0.189. The predicted molar refractivity (Wildman–Crippen MR) is 51.7 cm³/mol. The number of aromatic nitrogens is 1. The zero-order valence-corrected chi connectivity index (χ0v) is 7.95. The molecule has 2 nitrogen and oxygen atoms in total. The SMILES string of the molecule is Fc1cc(C=Cc2ncco2)cc(F)c1F. The molecule has 0 bridgehead atoms. The van der Waals surface area contributed by atoms with Gasteiger partial charge in [0, 0.05) is 6.08 Å². The van der Waals surface area contributed by atoms with Crippen LogP contribution >= 0.6 is 0 Å². The van der Waals surface area contributed by atoms with E-state index in [1.807, 2.05) is 0 Å². The first-order valence-corrected chi connectivity index (χ1v) is 4.39. The fourth-order valence-electron chi connectivity index (χ4n) is 1.16. The molecule has 82 valence electrons. The molecular weight excluding hydrogens is 219 g/mol. The van der Waals surface area contributed by atoms with Crippen LogP contribution < -0.4 is 0 Å². The van der Waals surface area contributed by atoms with Crippen molar-refractivity contribution in [3.63, 3.8) is 0 Å². The van der Waals surface area contributed by atoms with E-state index < -0.39 is 17.5 Å². The Kier molecular flexibility index (Phi) is 2.76. The Morgan fingerprint density at radius 2 is 1.75 bits per heavy atom. The van der Waals surface area contributed by atoms with Crippen LogP contribution in [0.3, 0.4) is 0 Å². The van der Waals surface area contributed by atoms with Crippen LogP contribution in [0, 0.1) is 17.5 Å². The van der Waals surface area contributed by atoms with Gasteiger partial charge in [-0.1, -0.05) is 0 Å². The third kappa shape index (κ3) is 2.13. The van der Waals surface area contributed by atoms with Gasteiger partial charge in [-0.3, -0.25) is 0 Å². The summed E-state index contributed by atoms with van der Waals surface area (Å²) in [6.45, 7) is 0. The largest absolute Gasteiger partial charge is 0.445 e. The number of nitrogens with zero attached hydrogens (tertiary/aromatic N) is 1. The molecule has 0 aliphatic carbocycles. The van der Waals surface area contributed by atoms with Gasteiger partial charge in [-0.25, -0.2) is 18.2 Å². The lowest BCUT2D eigenvalue weighted by Crippen LogP contribution is -1.90. The third-order valence-corrected chi connectivity index (χ3v) is 1.88. The summed E-state index contributed by atoms with van der Waals surface area (Å²) in [4.78, 5) is 3.78. The quantitative estimate of drug-likeness (QED) is 0.733. The molecule has 0 aliphatic heterocycles. The number of hydrogen-bond donors (Lipinski definition) is 0. The molecule has 1 aromatic carbocycles. The van der Waals surface area contributed by atoms with Crippen molar-refractivity contribution in [1.29, 1.82) is 0 Å². The summed E-state index contributed by atoms with van der Waals surface area (Å²) in [5.41, 5.74) is 0.189. The molecular formula is C11H6F3NO. The van der Waals surface area contributed by atoms with E-state index in [1.54, 1.807) is 0 Å². The van der Waals surface area contributed by atoms with E-state index in [0.717, 1.165) is 12.1 Å². The van der Waals surface area contributed by atoms with Crippen LogP contribution in [0.5, 0.6) is 0 Å². The molecule has 1 aromatic heterocycles. The van der Waals surface area contributed by atoms with Crippen molar-refractivity contribution in [3.05, 3.63) is 53.5 Å². The van der Waals surface area contributed by atoms with Gasteiger partial charge in [-0.2, -0.15) is 0 Å². The Labute approximate surface area is 89.0 Å². The average Bonchev–Trinajstić information content (AvgIpc) is 2.75. The van der Waals surface area contributed by atoms with Crippen molar-refractivity contribution in [1.82, 2.24) is 4.98 Å². The van der Waals surface area contributed by atoms with Crippen molar-refractivity contribution in [2.45, 2.75) is 0 Å². The van der Waals surface area contributed by atoms with E-state index >= 15 is 0 Å². The lowest BCUT2D eigenvalue weighted by Gasteiger charge is -1.97. The highest BCUT2D eigenvalue weighted by atomic mass is 19.2. The Balaban J connectivity index is 2.29. The predicted octanol–water partition coefficient (Wildman–Crippen LogP) is 3.26. The minimum Gasteiger partial charge on any atom is -0.445 e. The summed E-state index contributed by atoms with van der Waals surface area (Å²) in [6, 6.07) is 1.77. The molecule has 0 amide bonds. The van der Waals surface area contributed by atoms with Gasteiger partial charge >= 0.3 is 0 Å². The molecule has 5 heteroatoms. The average molecular weight is 225 g/mol. The molecule has 16 heavy (non-hydrogen) atoms. The van der Waals surface area contributed by atoms with Crippen LogP contribution in [0.4, 0.5) is 13.2 Å². The van der Waals surface area contributed by atoms with Gasteiger partial charge in [0.1, 0.15) is 6.26 Å². The normalized spacial score (nSPS) is 11.2. The maximum Gasteiger partial charge on any atom is 0.218 e. The maximum absolute atomic E-state index is 12.8. The first kappa shape index (κ1) is 10.5. The van der Waals surface area contributed by atoms with Crippen LogP contribution in [0.15, 0.2) is 29.0 Å². The van der Waals surface area contributed by atoms with Gasteiger partial charge in [-0.15, -0.1) is 0 Å². The van der Waals surface area contributed by atoms with Crippen molar-refractivity contribution >= 4 is 12.2 Å². The molecule has 2 rings (SSSR count). The van der Waals surface area contributed by atoms with E-state index in [1.165, 1.54) is 24.6 Å². The fourth-order valence-corrected chi connectivity index (χ4v) is 1.16. The van der Waals surface area contributed by atoms with Crippen LogP contribution in [-0.4, -0.2) is 4.98 Å². The summed E-state index contributed by atoms with van der Waals surface area (Å²) < 4.78 is 43.1. The van der Waals surface area contributed by atoms with Gasteiger partial charge < -0.3 is 4.42 Å². The van der Waals surface area contributed by atoms with Crippen LogP contribution in [0.1, 0.15) is 11.5 Å². The summed E-state index contributed by atoms with van der Waals surface area (Å²) in [6.07, 6.45) is 5.60. The van der Waals surface area contributed by atoms with Crippen LogP contribution in [0.25, 0.3) is 12.2 Å². The van der Waals surface area contributed by atoms with Crippen LogP contribution in [-0.2, 0) is 0 Å². The monoisotopic (exact) mass is 225 g/mol. The van der Waals surface area contributed by atoms with Crippen molar-refractivity contribution in [2.75, 3.05) is 0 Å². The molecule has 0 fully saturated rings. The highest BCUT2D eigenvalue weighted by molar-refractivity contribution is 5.65. The van der Waals surface area contributed by atoms with Gasteiger partial charge in [0.15, 0.2) is 17.5 Å². The minimum atomic E-state index is -1.48. The van der Waals surface area contributed by atoms with Crippen molar-refractivity contribution < 1.29 is 17.6 Å². The van der Waals surface area contributed by atoms with E-state index in [4.69, 9.17) is 4.42 Å². The molecule has 0 radical (unpaired) electrons. The lowest BCUT2D eigenvalue weighted by atomic mass is 10.2. The highest BCUT2D eigenvalue weighted by Gasteiger charge is 2.08. The molecule has 1 heterocycles. The summed E-state index contributed by atoms with van der Waals surface area (Å²) >= 11 is 0. The van der Waals surface area contributed by atoms with E-state index in [0.29, 0.717) is 5.89 Å². The van der Waals surface area contributed by atoms with Gasteiger partial charge in [0.2, 0.25) is 5.89 Å². The number of halogens is 3. The second-order valence-corrected chi connectivity index (χ2v) is 3.00. The van der Waals surface area contributed by atoms with Crippen molar-refractivity contribution in [3.8, 4) is 0 Å². The topological polar surface area (TPSA) is 26.0 Å². The summed E-state index contributed by atoms with van der Waals surface area (Å²) in [5.74, 6) is -3.64. The smallest absolute Gasteiger partial charge is 0.218 e. The van der Waals surface area contributed by atoms with Crippen LogP contribution in [0.2, 0.25) is 0 Å². The molecule has 0 saturated heterocycles. The summed E-state index contributed by atoms with van der Waals surface area (Å²) in [5, 5.41) is 0. The fraction of sp³-hybridized carbons (Fsp3) is 0. The molecule has 0 spiro atoms. The molecule has 0 N–H and O–H groups in total. The Morgan fingerprint density at radius 1 is 1.06 bits per heavy atom. The van der Waals surface area contributed by atoms with E-state index in [2.05, 4.69) is 4.98 Å². The number of oxazole rings is 1. The molecule has 0 aliphatic rings. The lowest BCUT2D eigenvalue weighted by molar-refractivity contribution is 0.447. The first-order valence-electron chi connectivity index (χ1n) is 4.39. The van der Waals surface area contributed by atoms with E-state index in [9.17, 15) is 13.2 Å². The number of hydrogen-bond acceptors (Lipinski definition) is 2. The van der Waals surface area contributed by atoms with Gasteiger partial charge in [0.25, 0.3) is 0 Å². The molecule has 2 aromatic rings. The number of benzene rings is 1. The molecule has 0 unspecified atom stereocenters. The second kappa shape index (κ2) is 4.22. The molecule has 0 atom stereocenters. The standard InChI is InChI=1S/C11H6F3NO/c12-8-5-7(6-9(13)11(8)14)1-2-10-15-3-4-16-10/h1-6H. The number of rotatable bonds is 2. The Hall–Kier alpha value is -2.04. The van der Waals surface area contributed by atoms with Gasteiger partial charge in [-0.05, 0) is 23.8 Å². The van der Waals surface area contributed by atoms with Crippen molar-refractivity contribution in [2.24, 2.45) is 0 Å². The van der Waals surface area contributed by atoms with E-state index in [-0.39, 0.29) is 5.56 Å². The third-order valence-electron chi connectivity index (χ3n) is 1.88. The second-order valence-electron chi connectivity index (χ2n) is 3.00. The molecule has 0 saturated carbocycles. The first-order chi connectivity index (χ1) is 7.66. The Bertz CT molecular complexity index is 497. The van der Waals surface area contributed by atoms with Gasteiger partial charge in [0.05, 0.1) is 6.20 Å². The summed E-state index contributed by atoms with van der Waals surface area (Å²) in [7, 11) is 0. The zero-order chi connectivity index (χ0) is 11.5. The zero-order valence-electron chi connectivity index (χ0n) is 7.95. The maximum atomic E-state index is 12.8. The Morgan fingerprint density at radius 3 is 2.31 bits per heavy atom.